The van der Waals surface area contributed by atoms with Gasteiger partial charge in [-0.15, -0.1) is 0 Å². The van der Waals surface area contributed by atoms with E-state index >= 15 is 0 Å². The molecule has 2 heterocycles. The van der Waals surface area contributed by atoms with Crippen LogP contribution in [0.5, 0.6) is 5.75 Å². The molecule has 5 nitrogen and oxygen atoms in total. The molecule has 1 aromatic carbocycles. The summed E-state index contributed by atoms with van der Waals surface area (Å²) in [4.78, 5) is 0. The van der Waals surface area contributed by atoms with E-state index in [0.717, 1.165) is 11.4 Å². The Morgan fingerprint density at radius 3 is 2.55 bits per heavy atom. The summed E-state index contributed by atoms with van der Waals surface area (Å²) in [5.41, 5.74) is 12.3. The van der Waals surface area contributed by atoms with E-state index in [2.05, 4.69) is 10.6 Å². The molecule has 1 aliphatic carbocycles. The van der Waals surface area contributed by atoms with Crippen LogP contribution in [-0.4, -0.2) is 17.9 Å². The Bertz CT molecular complexity index is 615. The van der Waals surface area contributed by atoms with Crippen molar-refractivity contribution in [2.24, 2.45) is 11.5 Å². The minimum atomic E-state index is -0.985. The smallest absolute Gasteiger partial charge is 0.165 e. The number of ether oxygens (including phenoxy) is 1. The second kappa shape index (κ2) is 4.41. The topological polar surface area (TPSA) is 85.3 Å². The Labute approximate surface area is 122 Å². The average molecular weight is 293 g/mol. The summed E-state index contributed by atoms with van der Waals surface area (Å²) in [6, 6.07) is 5.70. The molecular formula is C14H17ClN4O. The minimum absolute atomic E-state index is 0.430. The van der Waals surface area contributed by atoms with Crippen LogP contribution < -0.4 is 26.8 Å². The van der Waals surface area contributed by atoms with Gasteiger partial charge in [-0.3, -0.25) is 0 Å². The van der Waals surface area contributed by atoms with Crippen molar-refractivity contribution in [3.05, 3.63) is 41.5 Å². The monoisotopic (exact) mass is 292 g/mol. The zero-order valence-electron chi connectivity index (χ0n) is 11.1. The highest BCUT2D eigenvalue weighted by molar-refractivity contribution is 6.31. The normalized spacial score (nSPS) is 30.5. The molecule has 0 saturated heterocycles. The fourth-order valence-corrected chi connectivity index (χ4v) is 2.69. The third kappa shape index (κ3) is 2.04. The van der Waals surface area contributed by atoms with Gasteiger partial charge in [0.1, 0.15) is 11.3 Å². The Morgan fingerprint density at radius 2 is 1.90 bits per heavy atom. The number of nitrogens with two attached hydrogens (primary N) is 2. The van der Waals surface area contributed by atoms with Crippen LogP contribution in [0, 0.1) is 0 Å². The summed E-state index contributed by atoms with van der Waals surface area (Å²) in [7, 11) is 0. The van der Waals surface area contributed by atoms with Crippen molar-refractivity contribution < 1.29 is 4.74 Å². The van der Waals surface area contributed by atoms with Crippen LogP contribution in [0.3, 0.4) is 0 Å². The lowest BCUT2D eigenvalue weighted by atomic mass is 9.97. The zero-order chi connectivity index (χ0) is 14.4. The Morgan fingerprint density at radius 1 is 1.20 bits per heavy atom. The first-order chi connectivity index (χ1) is 9.46. The Hall–Kier alpha value is -1.69. The van der Waals surface area contributed by atoms with Crippen molar-refractivity contribution in [2.75, 3.05) is 17.2 Å². The van der Waals surface area contributed by atoms with Gasteiger partial charge in [-0.2, -0.15) is 0 Å². The van der Waals surface area contributed by atoms with Crippen LogP contribution in [0.2, 0.25) is 0 Å². The molecule has 3 aliphatic rings. The number of hydrogen-bond acceptors (Lipinski definition) is 5. The molecule has 20 heavy (non-hydrogen) atoms. The van der Waals surface area contributed by atoms with E-state index < -0.39 is 11.3 Å². The molecule has 4 rings (SSSR count). The van der Waals surface area contributed by atoms with E-state index in [1.54, 1.807) is 18.2 Å². The largest absolute Gasteiger partial charge is 0.490 e. The molecule has 2 atom stereocenters. The third-order valence-electron chi connectivity index (χ3n) is 3.38. The predicted octanol–water partition coefficient (Wildman–Crippen LogP) is 1.93. The van der Waals surface area contributed by atoms with Crippen LogP contribution in [0.15, 0.2) is 41.5 Å². The predicted molar refractivity (Wildman–Crippen MR) is 81.8 cm³/mol. The molecule has 0 radical (unpaired) electrons. The molecule has 0 spiro atoms. The number of halogens is 1. The Balaban J connectivity index is 2.19. The van der Waals surface area contributed by atoms with Gasteiger partial charge in [0.2, 0.25) is 0 Å². The van der Waals surface area contributed by atoms with Gasteiger partial charge in [0.15, 0.2) is 5.75 Å². The van der Waals surface area contributed by atoms with Crippen molar-refractivity contribution >= 4 is 23.0 Å². The van der Waals surface area contributed by atoms with Crippen LogP contribution in [0.4, 0.5) is 11.4 Å². The number of hydrogen-bond donors (Lipinski definition) is 4. The molecule has 0 aromatic heterocycles. The number of anilines is 2. The summed E-state index contributed by atoms with van der Waals surface area (Å²) in [6.45, 7) is 2.46. The van der Waals surface area contributed by atoms with E-state index in [1.165, 1.54) is 0 Å². The van der Waals surface area contributed by atoms with E-state index in [1.807, 2.05) is 25.1 Å². The van der Waals surface area contributed by atoms with Gasteiger partial charge < -0.3 is 26.8 Å². The highest BCUT2D eigenvalue weighted by Crippen LogP contribution is 2.41. The standard InChI is InChI=1S/C14H17ClN4O/c1-2-20-12-9-4-3-5-10(12)19-14(17)7-6-13(16,18-9)8-11(14)15/h3-8,18-19H,2,16-17H2,1H3. The summed E-state index contributed by atoms with van der Waals surface area (Å²) in [5.74, 6) is 0.683. The molecule has 6 N–H and O–H groups in total. The maximum absolute atomic E-state index is 6.31. The van der Waals surface area contributed by atoms with Crippen LogP contribution in [0.1, 0.15) is 6.92 Å². The second-order valence-corrected chi connectivity index (χ2v) is 5.40. The number of benzene rings is 1. The minimum Gasteiger partial charge on any atom is -0.490 e. The molecule has 4 bridgehead atoms. The van der Waals surface area contributed by atoms with E-state index in [0.29, 0.717) is 17.4 Å². The quantitative estimate of drug-likeness (QED) is 0.626. The second-order valence-electron chi connectivity index (χ2n) is 4.99. The first-order valence-electron chi connectivity index (χ1n) is 6.45. The van der Waals surface area contributed by atoms with Crippen LogP contribution >= 0.6 is 11.6 Å². The maximum Gasteiger partial charge on any atom is 0.165 e. The van der Waals surface area contributed by atoms with Crippen molar-refractivity contribution in [2.45, 2.75) is 18.2 Å². The van der Waals surface area contributed by atoms with Gasteiger partial charge >= 0.3 is 0 Å². The molecule has 0 saturated carbocycles. The lowest BCUT2D eigenvalue weighted by Crippen LogP contribution is -2.53. The van der Waals surface area contributed by atoms with E-state index in [9.17, 15) is 0 Å². The van der Waals surface area contributed by atoms with Crippen molar-refractivity contribution in [3.8, 4) is 5.75 Å². The van der Waals surface area contributed by atoms with Crippen molar-refractivity contribution in [1.29, 1.82) is 0 Å². The third-order valence-corrected chi connectivity index (χ3v) is 3.80. The van der Waals surface area contributed by atoms with Gasteiger partial charge in [0.25, 0.3) is 0 Å². The van der Waals surface area contributed by atoms with Gasteiger partial charge in [-0.1, -0.05) is 17.7 Å². The number of rotatable bonds is 2. The SMILES string of the molecule is CCOc1c2cccc1NC1(N)C=CC(N)(C=C1Cl)N2. The number of nitrogens with one attached hydrogen (secondary N) is 2. The van der Waals surface area contributed by atoms with Gasteiger partial charge in [-0.05, 0) is 37.3 Å². The average Bonchev–Trinajstić information content (AvgIpc) is 2.41. The molecule has 6 heteroatoms. The molecule has 1 aromatic rings. The van der Waals surface area contributed by atoms with Crippen LogP contribution in [0.25, 0.3) is 0 Å². The highest BCUT2D eigenvalue weighted by Gasteiger charge is 2.37. The maximum atomic E-state index is 6.31. The molecule has 2 aliphatic heterocycles. The molecule has 0 amide bonds. The lowest BCUT2D eigenvalue weighted by Gasteiger charge is -2.34. The Kier molecular flexibility index (Phi) is 2.93. The molecule has 0 fully saturated rings. The summed E-state index contributed by atoms with van der Waals surface area (Å²) in [6.07, 6.45) is 5.25. The fraction of sp³-hybridized carbons (Fsp3) is 0.286. The highest BCUT2D eigenvalue weighted by atomic mass is 35.5. The van der Waals surface area contributed by atoms with Gasteiger partial charge in [0, 0.05) is 0 Å². The lowest BCUT2D eigenvalue weighted by molar-refractivity contribution is 0.342. The van der Waals surface area contributed by atoms with Gasteiger partial charge in [-0.25, -0.2) is 0 Å². The molecular weight excluding hydrogens is 276 g/mol. The van der Waals surface area contributed by atoms with E-state index in [-0.39, 0.29) is 0 Å². The summed E-state index contributed by atoms with van der Waals surface area (Å²) in [5, 5.41) is 6.88. The fourth-order valence-electron chi connectivity index (χ4n) is 2.40. The molecule has 2 unspecified atom stereocenters. The first-order valence-corrected chi connectivity index (χ1v) is 6.83. The van der Waals surface area contributed by atoms with Crippen molar-refractivity contribution in [3.63, 3.8) is 0 Å². The zero-order valence-corrected chi connectivity index (χ0v) is 11.9. The summed E-state index contributed by atoms with van der Waals surface area (Å²) >= 11 is 6.30. The summed E-state index contributed by atoms with van der Waals surface area (Å²) < 4.78 is 5.72. The van der Waals surface area contributed by atoms with E-state index in [4.69, 9.17) is 27.8 Å². The van der Waals surface area contributed by atoms with Crippen molar-refractivity contribution in [1.82, 2.24) is 0 Å². The first kappa shape index (κ1) is 13.3. The number of para-hydroxylation sites is 1. The van der Waals surface area contributed by atoms with Crippen LogP contribution in [-0.2, 0) is 0 Å². The molecule has 106 valence electrons. The van der Waals surface area contributed by atoms with Gasteiger partial charge in [0.05, 0.1) is 23.0 Å².